The SMILES string of the molecule is CCCNC(CCC)CN1CCCC(OCC)C1. The van der Waals surface area contributed by atoms with Gasteiger partial charge in [-0.05, 0) is 45.7 Å². The van der Waals surface area contributed by atoms with E-state index in [9.17, 15) is 0 Å². The fourth-order valence-corrected chi connectivity index (χ4v) is 2.82. The molecule has 1 heterocycles. The van der Waals surface area contributed by atoms with Gasteiger partial charge in [-0.2, -0.15) is 0 Å². The molecule has 2 unspecified atom stereocenters. The highest BCUT2D eigenvalue weighted by molar-refractivity contribution is 4.78. The van der Waals surface area contributed by atoms with Crippen LogP contribution in [0.5, 0.6) is 0 Å². The lowest BCUT2D eigenvalue weighted by atomic mass is 10.1. The summed E-state index contributed by atoms with van der Waals surface area (Å²) in [5, 5.41) is 3.68. The maximum absolute atomic E-state index is 5.77. The third-order valence-corrected chi connectivity index (χ3v) is 3.66. The van der Waals surface area contributed by atoms with Crippen molar-refractivity contribution in [2.45, 2.75) is 65.0 Å². The first-order chi connectivity index (χ1) is 8.80. The van der Waals surface area contributed by atoms with Crippen LogP contribution in [-0.2, 0) is 4.74 Å². The average molecular weight is 256 g/mol. The quantitative estimate of drug-likeness (QED) is 0.686. The molecule has 0 radical (unpaired) electrons. The molecule has 0 aromatic carbocycles. The van der Waals surface area contributed by atoms with Crippen molar-refractivity contribution in [3.8, 4) is 0 Å². The molecule has 18 heavy (non-hydrogen) atoms. The highest BCUT2D eigenvalue weighted by Gasteiger charge is 2.21. The zero-order valence-corrected chi connectivity index (χ0v) is 12.6. The van der Waals surface area contributed by atoms with Crippen LogP contribution in [-0.4, -0.2) is 49.8 Å². The Bertz CT molecular complexity index is 197. The van der Waals surface area contributed by atoms with Gasteiger partial charge in [-0.3, -0.25) is 4.90 Å². The number of nitrogens with zero attached hydrogens (tertiary/aromatic N) is 1. The molecule has 1 fully saturated rings. The van der Waals surface area contributed by atoms with E-state index in [-0.39, 0.29) is 0 Å². The van der Waals surface area contributed by atoms with Crippen molar-refractivity contribution < 1.29 is 4.74 Å². The predicted molar refractivity (Wildman–Crippen MR) is 78.1 cm³/mol. The van der Waals surface area contributed by atoms with Crippen LogP contribution in [0.1, 0.15) is 52.9 Å². The van der Waals surface area contributed by atoms with Crippen LogP contribution in [0.3, 0.4) is 0 Å². The molecule has 0 aromatic rings. The minimum atomic E-state index is 0.470. The fraction of sp³-hybridized carbons (Fsp3) is 1.00. The fourth-order valence-electron chi connectivity index (χ4n) is 2.82. The number of rotatable bonds is 9. The number of ether oxygens (including phenoxy) is 1. The van der Waals surface area contributed by atoms with E-state index in [4.69, 9.17) is 4.74 Å². The summed E-state index contributed by atoms with van der Waals surface area (Å²) < 4.78 is 5.77. The lowest BCUT2D eigenvalue weighted by molar-refractivity contribution is 0.00332. The lowest BCUT2D eigenvalue weighted by Crippen LogP contribution is -2.47. The molecule has 2 atom stereocenters. The van der Waals surface area contributed by atoms with E-state index in [1.165, 1.54) is 45.2 Å². The summed E-state index contributed by atoms with van der Waals surface area (Å²) in [7, 11) is 0. The third kappa shape index (κ3) is 6.17. The molecule has 0 amide bonds. The van der Waals surface area contributed by atoms with Crippen molar-refractivity contribution in [2.75, 3.05) is 32.8 Å². The van der Waals surface area contributed by atoms with Crippen molar-refractivity contribution in [1.82, 2.24) is 10.2 Å². The normalized spacial score (nSPS) is 23.2. The maximum Gasteiger partial charge on any atom is 0.0702 e. The molecule has 108 valence electrons. The standard InChI is InChI=1S/C15H32N2O/c1-4-8-14(16-10-5-2)12-17-11-7-9-15(13-17)18-6-3/h14-16H,4-13H2,1-3H3. The summed E-state index contributed by atoms with van der Waals surface area (Å²) in [4.78, 5) is 2.59. The first kappa shape index (κ1) is 15.9. The molecule has 0 aliphatic carbocycles. The second-order valence-electron chi connectivity index (χ2n) is 5.42. The van der Waals surface area contributed by atoms with Gasteiger partial charge in [0.05, 0.1) is 6.10 Å². The summed E-state index contributed by atoms with van der Waals surface area (Å²) in [6, 6.07) is 0.662. The van der Waals surface area contributed by atoms with Crippen molar-refractivity contribution >= 4 is 0 Å². The Hall–Kier alpha value is -0.120. The molecule has 3 nitrogen and oxygen atoms in total. The van der Waals surface area contributed by atoms with Crippen LogP contribution >= 0.6 is 0 Å². The zero-order valence-electron chi connectivity index (χ0n) is 12.6. The second-order valence-corrected chi connectivity index (χ2v) is 5.42. The van der Waals surface area contributed by atoms with Gasteiger partial charge in [0.2, 0.25) is 0 Å². The summed E-state index contributed by atoms with van der Waals surface area (Å²) in [6.07, 6.45) is 6.78. The Kier molecular flexibility index (Phi) is 8.64. The second kappa shape index (κ2) is 9.76. The predicted octanol–water partition coefficient (Wildman–Crippen LogP) is 2.66. The highest BCUT2D eigenvalue weighted by Crippen LogP contribution is 2.14. The molecule has 0 spiro atoms. The average Bonchev–Trinajstić information content (AvgIpc) is 2.37. The molecule has 1 N–H and O–H groups in total. The van der Waals surface area contributed by atoms with Gasteiger partial charge in [0, 0.05) is 25.7 Å². The van der Waals surface area contributed by atoms with Crippen molar-refractivity contribution in [3.63, 3.8) is 0 Å². The molecule has 1 aliphatic heterocycles. The first-order valence-electron chi connectivity index (χ1n) is 7.87. The van der Waals surface area contributed by atoms with Gasteiger partial charge in [0.1, 0.15) is 0 Å². The van der Waals surface area contributed by atoms with Crippen LogP contribution in [0.4, 0.5) is 0 Å². The van der Waals surface area contributed by atoms with Crippen LogP contribution in [0.25, 0.3) is 0 Å². The molecular weight excluding hydrogens is 224 g/mol. The van der Waals surface area contributed by atoms with E-state index >= 15 is 0 Å². The summed E-state index contributed by atoms with van der Waals surface area (Å²) in [5.74, 6) is 0. The van der Waals surface area contributed by atoms with E-state index in [1.54, 1.807) is 0 Å². The number of piperidine rings is 1. The summed E-state index contributed by atoms with van der Waals surface area (Å²) in [5.41, 5.74) is 0. The Morgan fingerprint density at radius 3 is 2.78 bits per heavy atom. The minimum Gasteiger partial charge on any atom is -0.377 e. The van der Waals surface area contributed by atoms with E-state index in [0.717, 1.165) is 19.7 Å². The molecule has 0 saturated carbocycles. The number of hydrogen-bond acceptors (Lipinski definition) is 3. The molecule has 0 bridgehead atoms. The maximum atomic E-state index is 5.77. The highest BCUT2D eigenvalue weighted by atomic mass is 16.5. The Morgan fingerprint density at radius 2 is 2.11 bits per heavy atom. The lowest BCUT2D eigenvalue weighted by Gasteiger charge is -2.35. The van der Waals surface area contributed by atoms with Gasteiger partial charge < -0.3 is 10.1 Å². The van der Waals surface area contributed by atoms with E-state index in [1.807, 2.05) is 0 Å². The van der Waals surface area contributed by atoms with Crippen LogP contribution < -0.4 is 5.32 Å². The molecule has 1 rings (SSSR count). The van der Waals surface area contributed by atoms with Crippen LogP contribution in [0, 0.1) is 0 Å². The monoisotopic (exact) mass is 256 g/mol. The molecular formula is C15H32N2O. The Labute approximate surface area is 113 Å². The number of likely N-dealkylation sites (tertiary alicyclic amines) is 1. The number of hydrogen-bond donors (Lipinski definition) is 1. The van der Waals surface area contributed by atoms with Gasteiger partial charge in [0.15, 0.2) is 0 Å². The Balaban J connectivity index is 2.32. The smallest absolute Gasteiger partial charge is 0.0702 e. The van der Waals surface area contributed by atoms with Gasteiger partial charge in [-0.15, -0.1) is 0 Å². The van der Waals surface area contributed by atoms with E-state index in [0.29, 0.717) is 12.1 Å². The summed E-state index contributed by atoms with van der Waals surface area (Å²) in [6.45, 7) is 12.2. The first-order valence-corrected chi connectivity index (χ1v) is 7.87. The molecule has 1 aliphatic rings. The van der Waals surface area contributed by atoms with E-state index < -0.39 is 0 Å². The van der Waals surface area contributed by atoms with Gasteiger partial charge >= 0.3 is 0 Å². The molecule has 1 saturated heterocycles. The topological polar surface area (TPSA) is 24.5 Å². The Morgan fingerprint density at radius 1 is 1.28 bits per heavy atom. The third-order valence-electron chi connectivity index (χ3n) is 3.66. The zero-order chi connectivity index (χ0) is 13.2. The van der Waals surface area contributed by atoms with Crippen molar-refractivity contribution in [1.29, 1.82) is 0 Å². The molecule has 3 heteroatoms. The number of nitrogens with one attached hydrogen (secondary N) is 1. The van der Waals surface area contributed by atoms with Crippen molar-refractivity contribution in [2.24, 2.45) is 0 Å². The molecule has 0 aromatic heterocycles. The summed E-state index contributed by atoms with van der Waals surface area (Å²) >= 11 is 0. The largest absolute Gasteiger partial charge is 0.377 e. The van der Waals surface area contributed by atoms with E-state index in [2.05, 4.69) is 31.0 Å². The van der Waals surface area contributed by atoms with Crippen LogP contribution in [0.2, 0.25) is 0 Å². The van der Waals surface area contributed by atoms with Crippen LogP contribution in [0.15, 0.2) is 0 Å². The van der Waals surface area contributed by atoms with Crippen molar-refractivity contribution in [3.05, 3.63) is 0 Å². The van der Waals surface area contributed by atoms with Gasteiger partial charge in [0.25, 0.3) is 0 Å². The van der Waals surface area contributed by atoms with Gasteiger partial charge in [-0.25, -0.2) is 0 Å². The van der Waals surface area contributed by atoms with Gasteiger partial charge in [-0.1, -0.05) is 20.3 Å². The minimum absolute atomic E-state index is 0.470.